The van der Waals surface area contributed by atoms with E-state index >= 15 is 0 Å². The summed E-state index contributed by atoms with van der Waals surface area (Å²) in [6.07, 6.45) is 66.0. The molecular weight excluding hydrogens is 793 g/mol. The summed E-state index contributed by atoms with van der Waals surface area (Å²) in [5.74, 6) is -0.919. The van der Waals surface area contributed by atoms with Crippen LogP contribution in [-0.2, 0) is 28.6 Å². The lowest BCUT2D eigenvalue weighted by Gasteiger charge is -2.18. The van der Waals surface area contributed by atoms with Gasteiger partial charge in [-0.05, 0) is 89.9 Å². The van der Waals surface area contributed by atoms with Crippen LogP contribution >= 0.6 is 0 Å². The van der Waals surface area contributed by atoms with Gasteiger partial charge in [-0.2, -0.15) is 0 Å². The van der Waals surface area contributed by atoms with Crippen molar-refractivity contribution in [3.8, 4) is 0 Å². The van der Waals surface area contributed by atoms with Crippen LogP contribution < -0.4 is 0 Å². The first-order chi connectivity index (χ1) is 31.5. The molecule has 1 atom stereocenters. The summed E-state index contributed by atoms with van der Waals surface area (Å²) in [7, 11) is 0. The van der Waals surface area contributed by atoms with Crippen molar-refractivity contribution in [1.82, 2.24) is 0 Å². The lowest BCUT2D eigenvalue weighted by Crippen LogP contribution is -2.30. The predicted octanol–water partition coefficient (Wildman–Crippen LogP) is 17.8. The van der Waals surface area contributed by atoms with Crippen LogP contribution in [0.25, 0.3) is 0 Å². The van der Waals surface area contributed by atoms with E-state index in [1.54, 1.807) is 0 Å². The Labute approximate surface area is 395 Å². The maximum Gasteiger partial charge on any atom is 0.306 e. The van der Waals surface area contributed by atoms with Gasteiger partial charge in [0.25, 0.3) is 0 Å². The molecular formula is C58H100O6. The molecule has 0 aliphatic heterocycles. The van der Waals surface area contributed by atoms with Gasteiger partial charge in [-0.1, -0.05) is 222 Å². The first kappa shape index (κ1) is 60.9. The minimum atomic E-state index is -0.789. The van der Waals surface area contributed by atoms with Crippen LogP contribution in [-0.4, -0.2) is 37.2 Å². The number of unbranched alkanes of at least 4 members (excludes halogenated alkanes) is 25. The molecule has 0 aliphatic carbocycles. The number of carbonyl (C=O) groups excluding carboxylic acids is 3. The lowest BCUT2D eigenvalue weighted by atomic mass is 10.0. The first-order valence-electron chi connectivity index (χ1n) is 26.9. The number of carbonyl (C=O) groups is 3. The standard InChI is InChI=1S/C58H100O6/c1-4-7-10-13-16-19-22-25-27-28-29-30-32-33-36-39-42-45-48-51-57(60)63-54-55(53-62-56(59)50-47-44-41-38-35-24-21-18-15-12-9-6-3)64-58(61)52-49-46-43-40-37-34-31-26-23-20-17-14-11-8-5-2/h7,10,16,19-20,23,25,27,29-30,33,36,55H,4-6,8-9,11-15,17-18,21-22,24,26,28,31-32,34-35,37-54H2,1-3H3/b10-7-,19-16-,23-20-,27-25-,30-29-,36-33-. The van der Waals surface area contributed by atoms with E-state index in [4.69, 9.17) is 14.2 Å². The van der Waals surface area contributed by atoms with Crippen LogP contribution in [0, 0.1) is 0 Å². The molecule has 6 heteroatoms. The van der Waals surface area contributed by atoms with E-state index in [1.807, 2.05) is 0 Å². The second-order valence-electron chi connectivity index (χ2n) is 17.8. The highest BCUT2D eigenvalue weighted by Gasteiger charge is 2.19. The highest BCUT2D eigenvalue weighted by Crippen LogP contribution is 2.15. The van der Waals surface area contributed by atoms with Gasteiger partial charge >= 0.3 is 17.9 Å². The van der Waals surface area contributed by atoms with Gasteiger partial charge in [0, 0.05) is 19.3 Å². The Morgan fingerprint density at radius 1 is 0.328 bits per heavy atom. The van der Waals surface area contributed by atoms with Gasteiger partial charge in [-0.15, -0.1) is 0 Å². The predicted molar refractivity (Wildman–Crippen MR) is 274 cm³/mol. The Morgan fingerprint density at radius 2 is 0.609 bits per heavy atom. The second kappa shape index (κ2) is 52.5. The average Bonchev–Trinajstić information content (AvgIpc) is 3.29. The minimum absolute atomic E-state index is 0.0859. The second-order valence-corrected chi connectivity index (χ2v) is 17.8. The number of hydrogen-bond acceptors (Lipinski definition) is 6. The number of rotatable bonds is 48. The van der Waals surface area contributed by atoms with Crippen LogP contribution in [0.15, 0.2) is 72.9 Å². The van der Waals surface area contributed by atoms with Crippen molar-refractivity contribution in [3.63, 3.8) is 0 Å². The largest absolute Gasteiger partial charge is 0.462 e. The number of hydrogen-bond donors (Lipinski definition) is 0. The van der Waals surface area contributed by atoms with Crippen LogP contribution in [0.2, 0.25) is 0 Å². The molecule has 0 aliphatic rings. The molecule has 0 spiro atoms. The normalized spacial score (nSPS) is 12.6. The molecule has 0 saturated heterocycles. The molecule has 1 unspecified atom stereocenters. The quantitative estimate of drug-likeness (QED) is 0.0262. The van der Waals surface area contributed by atoms with E-state index < -0.39 is 6.10 Å². The first-order valence-corrected chi connectivity index (χ1v) is 26.9. The maximum absolute atomic E-state index is 12.8. The summed E-state index contributed by atoms with van der Waals surface area (Å²) in [4.78, 5) is 38.0. The summed E-state index contributed by atoms with van der Waals surface area (Å²) in [5, 5.41) is 0. The van der Waals surface area contributed by atoms with Crippen molar-refractivity contribution in [1.29, 1.82) is 0 Å². The Kier molecular flexibility index (Phi) is 49.9. The molecule has 6 nitrogen and oxygen atoms in total. The molecule has 0 aromatic heterocycles. The van der Waals surface area contributed by atoms with Crippen molar-refractivity contribution in [3.05, 3.63) is 72.9 Å². The highest BCUT2D eigenvalue weighted by molar-refractivity contribution is 5.71. The fourth-order valence-electron chi connectivity index (χ4n) is 7.40. The molecule has 0 bridgehead atoms. The molecule has 0 radical (unpaired) electrons. The molecule has 0 fully saturated rings. The zero-order chi connectivity index (χ0) is 46.5. The number of esters is 3. The Hall–Kier alpha value is -3.15. The minimum Gasteiger partial charge on any atom is -0.462 e. The summed E-state index contributed by atoms with van der Waals surface area (Å²) in [5.41, 5.74) is 0. The van der Waals surface area contributed by atoms with E-state index in [0.717, 1.165) is 96.3 Å². The van der Waals surface area contributed by atoms with Crippen LogP contribution in [0.4, 0.5) is 0 Å². The van der Waals surface area contributed by atoms with Gasteiger partial charge in [0.15, 0.2) is 6.10 Å². The molecule has 64 heavy (non-hydrogen) atoms. The molecule has 0 saturated carbocycles. The summed E-state index contributed by atoms with van der Waals surface area (Å²) >= 11 is 0. The van der Waals surface area contributed by atoms with Gasteiger partial charge in [-0.3, -0.25) is 14.4 Å². The van der Waals surface area contributed by atoms with E-state index in [-0.39, 0.29) is 31.1 Å². The van der Waals surface area contributed by atoms with Crippen molar-refractivity contribution < 1.29 is 28.6 Å². The molecule has 0 rings (SSSR count). The van der Waals surface area contributed by atoms with Gasteiger partial charge in [-0.25, -0.2) is 0 Å². The zero-order valence-corrected chi connectivity index (χ0v) is 42.0. The van der Waals surface area contributed by atoms with Gasteiger partial charge in [0.1, 0.15) is 13.2 Å². The topological polar surface area (TPSA) is 78.9 Å². The van der Waals surface area contributed by atoms with E-state index in [1.165, 1.54) is 122 Å². The molecule has 0 N–H and O–H groups in total. The van der Waals surface area contributed by atoms with Crippen molar-refractivity contribution in [2.75, 3.05) is 13.2 Å². The van der Waals surface area contributed by atoms with E-state index in [2.05, 4.69) is 93.7 Å². The lowest BCUT2D eigenvalue weighted by molar-refractivity contribution is -0.167. The zero-order valence-electron chi connectivity index (χ0n) is 42.0. The van der Waals surface area contributed by atoms with E-state index in [0.29, 0.717) is 19.3 Å². The fourth-order valence-corrected chi connectivity index (χ4v) is 7.40. The molecule has 0 aromatic rings. The van der Waals surface area contributed by atoms with Crippen LogP contribution in [0.1, 0.15) is 258 Å². The van der Waals surface area contributed by atoms with Crippen LogP contribution in [0.3, 0.4) is 0 Å². The van der Waals surface area contributed by atoms with Gasteiger partial charge < -0.3 is 14.2 Å². The summed E-state index contributed by atoms with van der Waals surface area (Å²) < 4.78 is 16.8. The van der Waals surface area contributed by atoms with Gasteiger partial charge in [0.05, 0.1) is 0 Å². The van der Waals surface area contributed by atoms with E-state index in [9.17, 15) is 14.4 Å². The van der Waals surface area contributed by atoms with Crippen molar-refractivity contribution in [2.24, 2.45) is 0 Å². The average molecular weight is 893 g/mol. The highest BCUT2D eigenvalue weighted by atomic mass is 16.6. The number of allylic oxidation sites excluding steroid dienone is 12. The third-order valence-corrected chi connectivity index (χ3v) is 11.4. The Morgan fingerprint density at radius 3 is 1.00 bits per heavy atom. The maximum atomic E-state index is 12.8. The molecule has 0 heterocycles. The van der Waals surface area contributed by atoms with Crippen molar-refractivity contribution >= 4 is 17.9 Å². The Balaban J connectivity index is 4.43. The fraction of sp³-hybridized carbons (Fsp3) is 0.741. The number of ether oxygens (including phenoxy) is 3. The third kappa shape index (κ3) is 49.9. The van der Waals surface area contributed by atoms with Crippen molar-refractivity contribution in [2.45, 2.75) is 264 Å². The third-order valence-electron chi connectivity index (χ3n) is 11.4. The Bertz CT molecular complexity index is 1210. The SMILES string of the molecule is CC/C=C\C/C=C\C/C=C\C/C=C\C/C=C\CCCCCC(=O)OCC(COC(=O)CCCCCCCCCCCCCC)OC(=O)CCCCCCCCC/C=C\CCCCCC. The molecule has 0 aromatic carbocycles. The molecule has 368 valence electrons. The summed E-state index contributed by atoms with van der Waals surface area (Å²) in [6.45, 7) is 6.49. The molecule has 0 amide bonds. The smallest absolute Gasteiger partial charge is 0.306 e. The van der Waals surface area contributed by atoms with Gasteiger partial charge in [0.2, 0.25) is 0 Å². The summed E-state index contributed by atoms with van der Waals surface area (Å²) in [6, 6.07) is 0. The monoisotopic (exact) mass is 893 g/mol. The van der Waals surface area contributed by atoms with Crippen LogP contribution in [0.5, 0.6) is 0 Å².